The van der Waals surface area contributed by atoms with Crippen molar-refractivity contribution in [3.8, 4) is 0 Å². The first-order valence-corrected chi connectivity index (χ1v) is 10.8. The van der Waals surface area contributed by atoms with Gasteiger partial charge in [-0.05, 0) is 29.1 Å². The number of nitrogens with one attached hydrogen (secondary N) is 1. The number of hydrogen-bond acceptors (Lipinski definition) is 7. The number of carbonyl (C=O) groups excluding carboxylic acids is 1. The number of rotatable bonds is 4. The van der Waals surface area contributed by atoms with Gasteiger partial charge in [0.15, 0.2) is 11.4 Å². The largest absolute Gasteiger partial charge is 0.374 e. The lowest BCUT2D eigenvalue weighted by Gasteiger charge is -2.28. The molecule has 4 rings (SSSR count). The Morgan fingerprint density at radius 3 is 2.73 bits per heavy atom. The predicted molar refractivity (Wildman–Crippen MR) is 101 cm³/mol. The number of carbonyl (C=O) groups is 1. The number of fused-ring (bicyclic) bond motifs is 2. The maximum absolute atomic E-state index is 12.7. The number of aliphatic hydroxyl groups is 1. The number of ketones is 1. The minimum absolute atomic E-state index is 0.209. The second-order valence-corrected chi connectivity index (χ2v) is 9.15. The van der Waals surface area contributed by atoms with E-state index in [-0.39, 0.29) is 18.7 Å². The predicted octanol–water partition coefficient (Wildman–Crippen LogP) is 1.66. The van der Waals surface area contributed by atoms with E-state index in [0.29, 0.717) is 22.9 Å². The standard InChI is InChI=1S/C17H17N3O4S2/c1-26(23,24)18-10-11-2-4-12(5-3-11)20-8-7-17(22)14(21)13-6-9-25-15(13)19-16(17)20/h2-6,9,18,22H,7-8,10H2,1H3. The van der Waals surface area contributed by atoms with E-state index in [0.717, 1.165) is 17.5 Å². The smallest absolute Gasteiger partial charge is 0.209 e. The van der Waals surface area contributed by atoms with Crippen LogP contribution >= 0.6 is 11.3 Å². The second-order valence-electron chi connectivity index (χ2n) is 6.43. The van der Waals surface area contributed by atoms with Crippen LogP contribution in [-0.2, 0) is 16.6 Å². The zero-order valence-corrected chi connectivity index (χ0v) is 15.6. The number of sulfonamides is 1. The summed E-state index contributed by atoms with van der Waals surface area (Å²) in [7, 11) is -3.25. The Balaban J connectivity index is 1.62. The average Bonchev–Trinajstić information content (AvgIpc) is 3.19. The van der Waals surface area contributed by atoms with Gasteiger partial charge >= 0.3 is 0 Å². The minimum atomic E-state index is -3.25. The number of aliphatic imine (C=N–C) groups is 1. The van der Waals surface area contributed by atoms with E-state index in [4.69, 9.17) is 0 Å². The van der Waals surface area contributed by atoms with Crippen LogP contribution in [0.1, 0.15) is 22.3 Å². The molecule has 0 bridgehead atoms. The zero-order chi connectivity index (χ0) is 18.5. The molecule has 0 saturated carbocycles. The first-order valence-electron chi connectivity index (χ1n) is 8.03. The fraction of sp³-hybridized carbons (Fsp3) is 0.294. The van der Waals surface area contributed by atoms with Crippen molar-refractivity contribution in [1.82, 2.24) is 4.72 Å². The molecule has 1 atom stereocenters. The van der Waals surface area contributed by atoms with Crippen molar-refractivity contribution >= 4 is 43.7 Å². The molecule has 7 nitrogen and oxygen atoms in total. The summed E-state index contributed by atoms with van der Waals surface area (Å²) >= 11 is 1.37. The molecule has 0 amide bonds. The van der Waals surface area contributed by atoms with Crippen molar-refractivity contribution in [1.29, 1.82) is 0 Å². The Morgan fingerprint density at radius 1 is 1.31 bits per heavy atom. The highest BCUT2D eigenvalue weighted by atomic mass is 32.2. The lowest BCUT2D eigenvalue weighted by atomic mass is 9.90. The molecular weight excluding hydrogens is 374 g/mol. The van der Waals surface area contributed by atoms with E-state index in [9.17, 15) is 18.3 Å². The van der Waals surface area contributed by atoms with Crippen LogP contribution in [-0.4, -0.2) is 43.5 Å². The van der Waals surface area contributed by atoms with E-state index in [2.05, 4.69) is 9.71 Å². The molecule has 9 heteroatoms. The van der Waals surface area contributed by atoms with E-state index in [1.807, 2.05) is 29.2 Å². The number of Topliss-reactive ketones (excluding diaryl/α,β-unsaturated/α-hetero) is 1. The van der Waals surface area contributed by atoms with E-state index >= 15 is 0 Å². The van der Waals surface area contributed by atoms with E-state index in [1.165, 1.54) is 11.3 Å². The summed E-state index contributed by atoms with van der Waals surface area (Å²) in [5.74, 6) is 0.0645. The van der Waals surface area contributed by atoms with Crippen LogP contribution in [0.4, 0.5) is 10.7 Å². The SMILES string of the molecule is CS(=O)(=O)NCc1ccc(N2CCC3(O)C(=O)c4ccsc4N=C23)cc1. The summed E-state index contributed by atoms with van der Waals surface area (Å²) in [4.78, 5) is 19.1. The Morgan fingerprint density at radius 2 is 2.04 bits per heavy atom. The molecule has 136 valence electrons. The molecule has 2 aliphatic rings. The number of anilines is 1. The van der Waals surface area contributed by atoms with Crippen LogP contribution in [0.3, 0.4) is 0 Å². The first-order chi connectivity index (χ1) is 12.3. The number of thiophene rings is 1. The minimum Gasteiger partial charge on any atom is -0.374 e. The van der Waals surface area contributed by atoms with Crippen molar-refractivity contribution in [2.24, 2.45) is 4.99 Å². The molecule has 2 aromatic rings. The highest BCUT2D eigenvalue weighted by Crippen LogP contribution is 2.41. The normalized spacial score (nSPS) is 22.2. The van der Waals surface area contributed by atoms with Crippen LogP contribution in [0.25, 0.3) is 0 Å². The third kappa shape index (κ3) is 2.86. The Kier molecular flexibility index (Phi) is 3.99. The summed E-state index contributed by atoms with van der Waals surface area (Å²) in [6.07, 6.45) is 1.40. The van der Waals surface area contributed by atoms with Gasteiger partial charge in [-0.1, -0.05) is 12.1 Å². The molecule has 0 radical (unpaired) electrons. The molecule has 3 heterocycles. The van der Waals surface area contributed by atoms with E-state index in [1.54, 1.807) is 11.4 Å². The van der Waals surface area contributed by atoms with E-state index < -0.39 is 15.6 Å². The summed E-state index contributed by atoms with van der Waals surface area (Å²) in [6.45, 7) is 0.692. The van der Waals surface area contributed by atoms with Gasteiger partial charge in [0.2, 0.25) is 15.8 Å². The Bertz CT molecular complexity index is 1010. The van der Waals surface area contributed by atoms with Crippen LogP contribution in [0.5, 0.6) is 0 Å². The third-order valence-corrected chi connectivity index (χ3v) is 6.06. The fourth-order valence-electron chi connectivity index (χ4n) is 3.22. The fourth-order valence-corrected chi connectivity index (χ4v) is 4.41. The zero-order valence-electron chi connectivity index (χ0n) is 14.0. The Hall–Kier alpha value is -2.07. The Labute approximate surface area is 155 Å². The van der Waals surface area contributed by atoms with Gasteiger partial charge in [-0.15, -0.1) is 11.3 Å². The van der Waals surface area contributed by atoms with Gasteiger partial charge in [-0.3, -0.25) is 4.79 Å². The summed E-state index contributed by atoms with van der Waals surface area (Å²) < 4.78 is 24.8. The maximum Gasteiger partial charge on any atom is 0.209 e. The monoisotopic (exact) mass is 391 g/mol. The lowest BCUT2D eigenvalue weighted by Crippen LogP contribution is -2.48. The number of amidine groups is 1. The van der Waals surface area contributed by atoms with Crippen molar-refractivity contribution in [3.05, 3.63) is 46.8 Å². The molecule has 2 aliphatic heterocycles. The maximum atomic E-state index is 12.7. The molecule has 2 N–H and O–H groups in total. The van der Waals surface area contributed by atoms with Crippen molar-refractivity contribution in [3.63, 3.8) is 0 Å². The van der Waals surface area contributed by atoms with Crippen LogP contribution in [0, 0.1) is 0 Å². The van der Waals surface area contributed by atoms with Gasteiger partial charge in [-0.2, -0.15) is 0 Å². The molecule has 1 aromatic carbocycles. The molecule has 1 saturated heterocycles. The highest BCUT2D eigenvalue weighted by Gasteiger charge is 2.52. The summed E-state index contributed by atoms with van der Waals surface area (Å²) in [5.41, 5.74) is 0.515. The van der Waals surface area contributed by atoms with Gasteiger partial charge in [0.25, 0.3) is 0 Å². The molecule has 1 fully saturated rings. The highest BCUT2D eigenvalue weighted by molar-refractivity contribution is 7.88. The summed E-state index contributed by atoms with van der Waals surface area (Å²) in [6, 6.07) is 9.00. The van der Waals surface area contributed by atoms with Crippen molar-refractivity contribution in [2.45, 2.75) is 18.6 Å². The molecular formula is C17H17N3O4S2. The van der Waals surface area contributed by atoms with Crippen LogP contribution in [0.15, 0.2) is 40.7 Å². The number of hydrogen-bond donors (Lipinski definition) is 2. The molecule has 0 aliphatic carbocycles. The van der Waals surface area contributed by atoms with Crippen molar-refractivity contribution < 1.29 is 18.3 Å². The molecule has 0 spiro atoms. The van der Waals surface area contributed by atoms with Crippen LogP contribution in [0.2, 0.25) is 0 Å². The quantitative estimate of drug-likeness (QED) is 0.826. The van der Waals surface area contributed by atoms with Gasteiger partial charge in [0.1, 0.15) is 5.00 Å². The average molecular weight is 391 g/mol. The number of benzene rings is 1. The van der Waals surface area contributed by atoms with Gasteiger partial charge < -0.3 is 10.0 Å². The molecule has 1 unspecified atom stereocenters. The van der Waals surface area contributed by atoms with Gasteiger partial charge in [0, 0.05) is 25.2 Å². The van der Waals surface area contributed by atoms with Crippen LogP contribution < -0.4 is 9.62 Å². The molecule has 26 heavy (non-hydrogen) atoms. The number of nitrogens with zero attached hydrogens (tertiary/aromatic N) is 2. The third-order valence-electron chi connectivity index (χ3n) is 4.58. The van der Waals surface area contributed by atoms with Gasteiger partial charge in [0.05, 0.1) is 11.8 Å². The lowest BCUT2D eigenvalue weighted by molar-refractivity contribution is 0.0603. The summed E-state index contributed by atoms with van der Waals surface area (Å²) in [5, 5.41) is 13.3. The topological polar surface area (TPSA) is 99.1 Å². The molecule has 1 aromatic heterocycles. The first kappa shape index (κ1) is 17.3. The van der Waals surface area contributed by atoms with Crippen molar-refractivity contribution in [2.75, 3.05) is 17.7 Å². The second kappa shape index (κ2) is 5.98. The van der Waals surface area contributed by atoms with Gasteiger partial charge in [-0.25, -0.2) is 18.1 Å².